The molecule has 90 valence electrons. The van der Waals surface area contributed by atoms with Gasteiger partial charge in [-0.3, -0.25) is 4.79 Å². The van der Waals surface area contributed by atoms with Gasteiger partial charge in [0.05, 0.1) is 12.2 Å². The van der Waals surface area contributed by atoms with E-state index in [-0.39, 0.29) is 12.0 Å². The molecule has 3 rings (SSSR count). The van der Waals surface area contributed by atoms with Crippen LogP contribution in [0.4, 0.5) is 0 Å². The quantitative estimate of drug-likeness (QED) is 0.824. The van der Waals surface area contributed by atoms with Gasteiger partial charge >= 0.3 is 0 Å². The van der Waals surface area contributed by atoms with Crippen LogP contribution >= 0.6 is 11.6 Å². The summed E-state index contributed by atoms with van der Waals surface area (Å²) in [4.78, 5) is 12.2. The molecule has 17 heavy (non-hydrogen) atoms. The van der Waals surface area contributed by atoms with Gasteiger partial charge in [0.25, 0.3) is 0 Å². The van der Waals surface area contributed by atoms with E-state index in [9.17, 15) is 4.79 Å². The van der Waals surface area contributed by atoms with Gasteiger partial charge in [-0.05, 0) is 37.0 Å². The molecule has 1 aromatic rings. The summed E-state index contributed by atoms with van der Waals surface area (Å²) in [6, 6.07) is 7.52. The standard InChI is InChI=1S/C14H15ClO2/c15-10-3-1-9(2-4-10)7-13(16)12-8-11-5-6-14(12)17-11/h1-4,11-12,14H,5-8H2. The number of Topliss-reactive ketones (excluding diaryl/α,β-unsaturated/α-hetero) is 1. The van der Waals surface area contributed by atoms with Crippen LogP contribution in [0.2, 0.25) is 5.02 Å². The van der Waals surface area contributed by atoms with Crippen LogP contribution in [0.15, 0.2) is 24.3 Å². The zero-order valence-corrected chi connectivity index (χ0v) is 10.3. The lowest BCUT2D eigenvalue weighted by atomic mass is 9.84. The van der Waals surface area contributed by atoms with Gasteiger partial charge in [0.1, 0.15) is 5.78 Å². The highest BCUT2D eigenvalue weighted by Crippen LogP contribution is 2.39. The van der Waals surface area contributed by atoms with Gasteiger partial charge in [0, 0.05) is 17.4 Å². The Morgan fingerprint density at radius 3 is 2.65 bits per heavy atom. The van der Waals surface area contributed by atoms with Crippen LogP contribution in [-0.2, 0) is 16.0 Å². The highest BCUT2D eigenvalue weighted by atomic mass is 35.5. The average Bonchev–Trinajstić information content (AvgIpc) is 2.94. The minimum atomic E-state index is 0.129. The number of carbonyl (C=O) groups excluding carboxylic acids is 1. The third-order valence-corrected chi connectivity index (χ3v) is 4.06. The molecule has 2 nitrogen and oxygen atoms in total. The number of halogens is 1. The van der Waals surface area contributed by atoms with Crippen LogP contribution < -0.4 is 0 Å². The van der Waals surface area contributed by atoms with Crippen molar-refractivity contribution < 1.29 is 9.53 Å². The number of ketones is 1. The first-order chi connectivity index (χ1) is 8.22. The van der Waals surface area contributed by atoms with Gasteiger partial charge in [-0.1, -0.05) is 23.7 Å². The summed E-state index contributed by atoms with van der Waals surface area (Å²) in [5.74, 6) is 0.448. The fraction of sp³-hybridized carbons (Fsp3) is 0.500. The molecule has 2 heterocycles. The largest absolute Gasteiger partial charge is 0.374 e. The summed E-state index contributed by atoms with van der Waals surface area (Å²) in [7, 11) is 0. The van der Waals surface area contributed by atoms with Gasteiger partial charge in [-0.2, -0.15) is 0 Å². The Morgan fingerprint density at radius 2 is 2.06 bits per heavy atom. The molecule has 3 atom stereocenters. The maximum Gasteiger partial charge on any atom is 0.143 e. The zero-order valence-electron chi connectivity index (χ0n) is 9.56. The Balaban J connectivity index is 1.65. The second-order valence-electron chi connectivity index (χ2n) is 4.99. The van der Waals surface area contributed by atoms with Crippen LogP contribution in [0.3, 0.4) is 0 Å². The minimum Gasteiger partial charge on any atom is -0.374 e. The second kappa shape index (κ2) is 4.43. The number of benzene rings is 1. The van der Waals surface area contributed by atoms with E-state index in [1.807, 2.05) is 24.3 Å². The minimum absolute atomic E-state index is 0.129. The molecule has 1 aromatic carbocycles. The number of fused-ring (bicyclic) bond motifs is 2. The van der Waals surface area contributed by atoms with Crippen LogP contribution in [0, 0.1) is 5.92 Å². The number of ether oxygens (including phenoxy) is 1. The summed E-state index contributed by atoms with van der Waals surface area (Å²) in [6.07, 6.45) is 4.17. The molecule has 0 spiro atoms. The number of hydrogen-bond acceptors (Lipinski definition) is 2. The first kappa shape index (κ1) is 11.2. The highest BCUT2D eigenvalue weighted by molar-refractivity contribution is 6.30. The molecular weight excluding hydrogens is 236 g/mol. The van der Waals surface area contributed by atoms with Crippen LogP contribution in [0.25, 0.3) is 0 Å². The van der Waals surface area contributed by atoms with Gasteiger partial charge in [-0.25, -0.2) is 0 Å². The van der Waals surface area contributed by atoms with Crippen molar-refractivity contribution in [3.63, 3.8) is 0 Å². The monoisotopic (exact) mass is 250 g/mol. The van der Waals surface area contributed by atoms with E-state index in [1.54, 1.807) is 0 Å². The zero-order chi connectivity index (χ0) is 11.8. The van der Waals surface area contributed by atoms with Crippen molar-refractivity contribution in [2.24, 2.45) is 5.92 Å². The molecule has 2 aliphatic heterocycles. The molecule has 0 saturated carbocycles. The maximum absolute atomic E-state index is 12.2. The van der Waals surface area contributed by atoms with Gasteiger partial charge in [-0.15, -0.1) is 0 Å². The Kier molecular flexibility index (Phi) is 2.93. The van der Waals surface area contributed by atoms with Crippen molar-refractivity contribution in [2.75, 3.05) is 0 Å². The molecule has 2 saturated heterocycles. The number of hydrogen-bond donors (Lipinski definition) is 0. The Labute approximate surface area is 106 Å². The van der Waals surface area contributed by atoms with Gasteiger partial charge in [0.15, 0.2) is 0 Å². The molecule has 2 fully saturated rings. The van der Waals surface area contributed by atoms with Crippen LogP contribution in [0.1, 0.15) is 24.8 Å². The normalized spacial score (nSPS) is 30.8. The van der Waals surface area contributed by atoms with Crippen molar-refractivity contribution in [3.05, 3.63) is 34.9 Å². The topological polar surface area (TPSA) is 26.3 Å². The van der Waals surface area contributed by atoms with E-state index in [4.69, 9.17) is 16.3 Å². The lowest BCUT2D eigenvalue weighted by Gasteiger charge is -2.17. The van der Waals surface area contributed by atoms with E-state index in [2.05, 4.69) is 0 Å². The molecule has 0 aliphatic carbocycles. The van der Waals surface area contributed by atoms with Crippen molar-refractivity contribution in [1.82, 2.24) is 0 Å². The molecule has 0 radical (unpaired) electrons. The number of rotatable bonds is 3. The van der Waals surface area contributed by atoms with Crippen LogP contribution in [0.5, 0.6) is 0 Å². The fourth-order valence-corrected chi connectivity index (χ4v) is 3.04. The van der Waals surface area contributed by atoms with E-state index in [0.29, 0.717) is 23.3 Å². The van der Waals surface area contributed by atoms with Gasteiger partial charge < -0.3 is 4.74 Å². The maximum atomic E-state index is 12.2. The van der Waals surface area contributed by atoms with E-state index < -0.39 is 0 Å². The molecule has 2 aliphatic rings. The van der Waals surface area contributed by atoms with Crippen molar-refractivity contribution in [1.29, 1.82) is 0 Å². The predicted molar refractivity (Wildman–Crippen MR) is 66.2 cm³/mol. The fourth-order valence-electron chi connectivity index (χ4n) is 2.91. The molecular formula is C14H15ClO2. The first-order valence-electron chi connectivity index (χ1n) is 6.15. The Morgan fingerprint density at radius 1 is 1.29 bits per heavy atom. The Hall–Kier alpha value is -0.860. The third kappa shape index (κ3) is 2.24. The van der Waals surface area contributed by atoms with Crippen molar-refractivity contribution in [3.8, 4) is 0 Å². The molecule has 0 amide bonds. The van der Waals surface area contributed by atoms with E-state index in [1.165, 1.54) is 0 Å². The lowest BCUT2D eigenvalue weighted by molar-refractivity contribution is -0.123. The third-order valence-electron chi connectivity index (χ3n) is 3.81. The summed E-state index contributed by atoms with van der Waals surface area (Å²) in [5, 5.41) is 0.712. The molecule has 3 heteroatoms. The summed E-state index contributed by atoms with van der Waals surface area (Å²) >= 11 is 5.82. The van der Waals surface area contributed by atoms with E-state index in [0.717, 1.165) is 24.8 Å². The van der Waals surface area contributed by atoms with E-state index >= 15 is 0 Å². The average molecular weight is 251 g/mol. The molecule has 3 unspecified atom stereocenters. The predicted octanol–water partition coefficient (Wildman–Crippen LogP) is 3.02. The van der Waals surface area contributed by atoms with Crippen molar-refractivity contribution in [2.45, 2.75) is 37.9 Å². The molecule has 2 bridgehead atoms. The van der Waals surface area contributed by atoms with Gasteiger partial charge in [0.2, 0.25) is 0 Å². The SMILES string of the molecule is O=C(Cc1ccc(Cl)cc1)C1CC2CCC1O2. The van der Waals surface area contributed by atoms with Crippen molar-refractivity contribution >= 4 is 17.4 Å². The Bertz CT molecular complexity index is 426. The molecule has 0 N–H and O–H groups in total. The summed E-state index contributed by atoms with van der Waals surface area (Å²) in [5.41, 5.74) is 1.04. The number of carbonyl (C=O) groups is 1. The smallest absolute Gasteiger partial charge is 0.143 e. The summed E-state index contributed by atoms with van der Waals surface area (Å²) in [6.45, 7) is 0. The highest BCUT2D eigenvalue weighted by Gasteiger charge is 2.43. The summed E-state index contributed by atoms with van der Waals surface area (Å²) < 4.78 is 5.72. The second-order valence-corrected chi connectivity index (χ2v) is 5.42. The van der Waals surface area contributed by atoms with Crippen LogP contribution in [-0.4, -0.2) is 18.0 Å². The lowest BCUT2D eigenvalue weighted by Crippen LogP contribution is -2.26. The first-order valence-corrected chi connectivity index (χ1v) is 6.53. The molecule has 0 aromatic heterocycles.